The zero-order valence-electron chi connectivity index (χ0n) is 64.3. The van der Waals surface area contributed by atoms with Crippen molar-refractivity contribution in [3.8, 4) is 5.75 Å². The number of Topliss-reactive ketones (excluding diaryl/α,β-unsaturated/α-hetero) is 2. The molecule has 1 aliphatic rings. The molecule has 19 unspecified atom stereocenters. The van der Waals surface area contributed by atoms with E-state index in [1.807, 2.05) is 20.8 Å². The van der Waals surface area contributed by atoms with E-state index in [-0.39, 0.29) is 29.6 Å². The van der Waals surface area contributed by atoms with E-state index < -0.39 is 254 Å². The third-order valence-corrected chi connectivity index (χ3v) is 18.0. The van der Waals surface area contributed by atoms with Gasteiger partial charge in [0.05, 0.1) is 49.7 Å². The van der Waals surface area contributed by atoms with E-state index in [0.29, 0.717) is 5.92 Å². The number of aliphatic hydroxyl groups is 3. The Bertz CT molecular complexity index is 3400. The molecular weight excluding hydrogens is 1460 g/mol. The van der Waals surface area contributed by atoms with Crippen LogP contribution in [-0.2, 0) is 90.9 Å². The van der Waals surface area contributed by atoms with E-state index in [1.54, 1.807) is 19.9 Å². The average molecular weight is 1570 g/mol. The molecule has 0 aliphatic carbocycles. The number of benzene rings is 1. The number of carboxylic acids is 1. The van der Waals surface area contributed by atoms with Gasteiger partial charge >= 0.3 is 18.1 Å². The number of nitrogens with zero attached hydrogens (tertiary/aromatic N) is 2. The Balaban J connectivity index is 0.00000820. The Hall–Kier alpha value is -9.77. The molecular formula is C70H110F3N13O24. The van der Waals surface area contributed by atoms with Crippen LogP contribution in [0.25, 0.3) is 0 Å². The number of aliphatic hydroxyl groups excluding tert-OH is 3. The largest absolute Gasteiger partial charge is 0.508 e. The number of nitrogens with one attached hydrogen (secondary N) is 7. The maximum Gasteiger partial charge on any atom is 0.490 e. The summed E-state index contributed by atoms with van der Waals surface area (Å²) in [5.41, 5.74) is 23.1. The van der Waals surface area contributed by atoms with Crippen LogP contribution in [0, 0.1) is 41.4 Å². The molecule has 1 saturated heterocycles. The number of hydrogen-bond acceptors (Lipinski definition) is 24. The Morgan fingerprint density at radius 1 is 0.709 bits per heavy atom. The molecule has 0 bridgehead atoms. The van der Waals surface area contributed by atoms with Crippen LogP contribution in [0.1, 0.15) is 133 Å². The fraction of sp³-hybridized carbons (Fsp3) is 0.657. The number of amides is 12. The first-order chi connectivity index (χ1) is 50.8. The lowest BCUT2D eigenvalue weighted by molar-refractivity contribution is -0.192. The number of phenols is 1. The van der Waals surface area contributed by atoms with Crippen molar-refractivity contribution < 1.29 is 130 Å². The number of allylic oxidation sites excluding steroid dienone is 1. The Morgan fingerprint density at radius 3 is 1.77 bits per heavy atom. The van der Waals surface area contributed by atoms with Crippen molar-refractivity contribution in [1.82, 2.24) is 47.0 Å². The van der Waals surface area contributed by atoms with Gasteiger partial charge in [0.1, 0.15) is 60.3 Å². The zero-order chi connectivity index (χ0) is 84.8. The van der Waals surface area contributed by atoms with Gasteiger partial charge in [-0.2, -0.15) is 13.2 Å². The zero-order valence-corrected chi connectivity index (χ0v) is 64.3. The summed E-state index contributed by atoms with van der Waals surface area (Å²) in [4.78, 5) is 221. The van der Waals surface area contributed by atoms with Gasteiger partial charge in [0.25, 0.3) is 0 Å². The second kappa shape index (κ2) is 46.0. The number of methoxy groups -OCH3 is 2. The number of likely N-dealkylation sites (N-methyl/N-ethyl adjacent to an activating group) is 2. The summed E-state index contributed by atoms with van der Waals surface area (Å²) in [6.45, 7) is 15.2. The van der Waals surface area contributed by atoms with E-state index in [9.17, 15) is 95.9 Å². The van der Waals surface area contributed by atoms with Crippen LogP contribution in [0.3, 0.4) is 0 Å². The fourth-order valence-electron chi connectivity index (χ4n) is 11.4. The molecule has 1 fully saturated rings. The van der Waals surface area contributed by atoms with E-state index in [4.69, 9.17) is 47.0 Å². The number of alkyl halides is 3. The topological polar surface area (TPSA) is 597 Å². The summed E-state index contributed by atoms with van der Waals surface area (Å²) in [6, 6.07) is -10.3. The number of nitrogens with two attached hydrogens (primary N) is 4. The molecule has 12 amide bonds. The molecule has 1 aliphatic heterocycles. The molecule has 110 heavy (non-hydrogen) atoms. The van der Waals surface area contributed by atoms with Gasteiger partial charge < -0.3 is 110 Å². The molecule has 19 atom stereocenters. The van der Waals surface area contributed by atoms with Crippen LogP contribution in [0.5, 0.6) is 5.75 Å². The lowest BCUT2D eigenvalue weighted by Gasteiger charge is -2.36. The molecule has 0 spiro atoms. The number of phenolic OH excluding ortho intramolecular Hbond substituents is 1. The van der Waals surface area contributed by atoms with Crippen LogP contribution in [-0.4, -0.2) is 256 Å². The smallest absolute Gasteiger partial charge is 0.490 e. The van der Waals surface area contributed by atoms with Gasteiger partial charge in [-0.05, 0) is 88.3 Å². The Labute approximate surface area is 634 Å². The maximum absolute atomic E-state index is 15.2. The summed E-state index contributed by atoms with van der Waals surface area (Å²) in [7, 11) is 4.68. The van der Waals surface area contributed by atoms with Crippen molar-refractivity contribution in [2.45, 2.75) is 212 Å². The van der Waals surface area contributed by atoms with Crippen molar-refractivity contribution in [3.05, 3.63) is 42.0 Å². The number of cyclic esters (lactones) is 1. The number of hydrogen-bond donors (Lipinski definition) is 16. The van der Waals surface area contributed by atoms with Crippen LogP contribution in [0.2, 0.25) is 0 Å². The number of carbonyl (C=O) groups is 16. The monoisotopic (exact) mass is 1570 g/mol. The molecule has 37 nitrogen and oxygen atoms in total. The Kier molecular flexibility index (Phi) is 41.1. The van der Waals surface area contributed by atoms with E-state index in [1.165, 1.54) is 72.2 Å². The van der Waals surface area contributed by atoms with Gasteiger partial charge in [-0.3, -0.25) is 67.1 Å². The SMILES string of the molecule is COCC1NC(=O)C(CC(=O)C(NC(=O)C(CC(=O)C(NC(=O)C(NC(=O)CC(O)/C=C\C(C)CC(C)C)C(O)C(N)=O)C(C)O)C(C)N)C(C)C(C)C(N)=O)C(C)OC(=O)C(C)N(C)C(=O)C(C(OC)c2ccc(O)cc2)NC(=O)C(CCC(N)=O)N(C)C(=O)C(CC(C)C)NC(=O)CNC1=O.O=C(O)C(F)(F)F. The number of ketones is 2. The highest BCUT2D eigenvalue weighted by molar-refractivity contribution is 6.01. The summed E-state index contributed by atoms with van der Waals surface area (Å²) in [5, 5.41) is 66.2. The molecule has 1 aromatic rings. The third kappa shape index (κ3) is 32.0. The molecule has 2 rings (SSSR count). The van der Waals surface area contributed by atoms with Gasteiger partial charge in [0.2, 0.25) is 70.9 Å². The quantitative estimate of drug-likeness (QED) is 0.0238. The first-order valence-electron chi connectivity index (χ1n) is 35.2. The number of rotatable bonds is 34. The van der Waals surface area contributed by atoms with Crippen LogP contribution in [0.4, 0.5) is 13.2 Å². The Morgan fingerprint density at radius 2 is 1.28 bits per heavy atom. The first kappa shape index (κ1) is 98.2. The van der Waals surface area contributed by atoms with Crippen LogP contribution in [0.15, 0.2) is 36.4 Å². The number of primary amides is 3. The first-order valence-corrected chi connectivity index (χ1v) is 35.2. The van der Waals surface area contributed by atoms with Crippen molar-refractivity contribution in [3.63, 3.8) is 0 Å². The number of aromatic hydroxyl groups is 1. The van der Waals surface area contributed by atoms with Crippen LogP contribution >= 0.6 is 0 Å². The number of aliphatic carboxylic acids is 1. The van der Waals surface area contributed by atoms with Crippen molar-refractivity contribution in [2.24, 2.45) is 64.4 Å². The highest BCUT2D eigenvalue weighted by Crippen LogP contribution is 2.28. The van der Waals surface area contributed by atoms with E-state index in [2.05, 4.69) is 37.2 Å². The molecule has 0 radical (unpaired) electrons. The van der Waals surface area contributed by atoms with Gasteiger partial charge in [-0.25, -0.2) is 9.59 Å². The molecule has 20 N–H and O–H groups in total. The number of halogens is 3. The minimum absolute atomic E-state index is 0.0130. The number of carboxylic acid groups (broad SMARTS) is 1. The molecule has 1 aromatic carbocycles. The van der Waals surface area contributed by atoms with E-state index in [0.717, 1.165) is 44.2 Å². The summed E-state index contributed by atoms with van der Waals surface area (Å²) in [6.07, 6.45) is -13.7. The van der Waals surface area contributed by atoms with Crippen molar-refractivity contribution in [2.75, 3.05) is 41.5 Å². The van der Waals surface area contributed by atoms with Crippen LogP contribution < -0.4 is 60.2 Å². The summed E-state index contributed by atoms with van der Waals surface area (Å²) in [5.74, 6) is -25.8. The van der Waals surface area contributed by atoms with Gasteiger partial charge in [-0.1, -0.05) is 72.8 Å². The molecule has 0 aromatic heterocycles. The number of carbonyl (C=O) groups excluding carboxylic acids is 15. The third-order valence-electron chi connectivity index (χ3n) is 18.0. The van der Waals surface area contributed by atoms with Gasteiger partial charge in [-0.15, -0.1) is 0 Å². The predicted molar refractivity (Wildman–Crippen MR) is 383 cm³/mol. The number of esters is 1. The summed E-state index contributed by atoms with van der Waals surface area (Å²) >= 11 is 0. The van der Waals surface area contributed by atoms with Gasteiger partial charge in [0, 0.05) is 59.5 Å². The second-order valence-electron chi connectivity index (χ2n) is 28.1. The molecule has 1 heterocycles. The normalized spacial score (nSPS) is 22.3. The highest BCUT2D eigenvalue weighted by Gasteiger charge is 2.45. The van der Waals surface area contributed by atoms with Crippen molar-refractivity contribution >= 4 is 94.4 Å². The van der Waals surface area contributed by atoms with E-state index >= 15 is 9.59 Å². The minimum Gasteiger partial charge on any atom is -0.508 e. The highest BCUT2D eigenvalue weighted by atomic mass is 19.4. The van der Waals surface area contributed by atoms with Gasteiger partial charge in [0.15, 0.2) is 17.7 Å². The lowest BCUT2D eigenvalue weighted by Crippen LogP contribution is -2.61. The predicted octanol–water partition coefficient (Wildman–Crippen LogP) is -3.21. The fourth-order valence-corrected chi connectivity index (χ4v) is 11.4. The standard InChI is InChI=1S/C68H109N13O22.C2HF3O2/c1-31(2)24-33(5)16-19-42(84)26-51(88)76-55(57(90)60(72)92)65(97)78-54(38(10)82)49(86)27-43(36(8)69)61(93)77-53(34(6)35(7)59(71)91)48(85)28-44-39(11)103-68(100)37(9)80(12)67(99)56(58(102-15)40-17-20-41(83)21-18-40)79-64(96)47(22-23-50(70)87)81(13)66(98)45(25-32(3)4)74-52(89)29-73-63(95)46(30-101-14)75-62(44)94;3-2(4,5)1(6)7/h16-21,31-39,42-47,53-58,82-84,90H,22-30,69H2,1-15H3,(H2,70,87)(H2,71,91)(H2,72,92)(H,73,95)(H,74,89)(H,75,94)(H,76,88)(H,77,93)(H,78,97)(H,79,96);(H,6,7)/b19-16-;. The lowest BCUT2D eigenvalue weighted by atomic mass is 9.82. The summed E-state index contributed by atoms with van der Waals surface area (Å²) < 4.78 is 48.7. The minimum atomic E-state index is -5.08. The average Bonchev–Trinajstić information content (AvgIpc) is 0.808. The van der Waals surface area contributed by atoms with Crippen molar-refractivity contribution in [1.29, 1.82) is 0 Å². The molecule has 40 heteroatoms. The molecule has 0 saturated carbocycles. The number of ether oxygens (including phenoxy) is 3. The molecule has 620 valence electrons. The maximum atomic E-state index is 15.2. The second-order valence-corrected chi connectivity index (χ2v) is 28.1.